The number of hydrogen-bond donors (Lipinski definition) is 0. The molecule has 0 saturated heterocycles. The van der Waals surface area contributed by atoms with E-state index in [4.69, 9.17) is 4.74 Å². The monoisotopic (exact) mass is 203 g/mol. The lowest BCUT2D eigenvalue weighted by Gasteiger charge is -2.14. The summed E-state index contributed by atoms with van der Waals surface area (Å²) < 4.78 is 5.63. The minimum atomic E-state index is 0.739. The quantitative estimate of drug-likeness (QED) is 0.720. The Morgan fingerprint density at radius 3 is 2.60 bits per heavy atom. The molecule has 0 heterocycles. The highest BCUT2D eigenvalue weighted by molar-refractivity contribution is 5.46. The fraction of sp³-hybridized carbons (Fsp3) is 0.500. The maximum absolute atomic E-state index is 5.63. The van der Waals surface area contributed by atoms with Gasteiger partial charge in [0, 0.05) is 11.5 Å². The van der Waals surface area contributed by atoms with Crippen LogP contribution in [0.15, 0.2) is 18.2 Å². The lowest BCUT2D eigenvalue weighted by Crippen LogP contribution is -1.99. The molecule has 0 N–H and O–H groups in total. The molecule has 81 valence electrons. The van der Waals surface area contributed by atoms with Crippen molar-refractivity contribution in [3.8, 4) is 5.75 Å². The molecule has 0 atom stereocenters. The molecular weight excluding hydrogens is 184 g/mol. The molecule has 0 unspecified atom stereocenters. The van der Waals surface area contributed by atoms with E-state index in [-0.39, 0.29) is 0 Å². The zero-order valence-corrected chi connectivity index (χ0v) is 9.84. The molecular formula is C14H19O. The summed E-state index contributed by atoms with van der Waals surface area (Å²) in [5.41, 5.74) is 2.76. The van der Waals surface area contributed by atoms with Gasteiger partial charge in [-0.3, -0.25) is 0 Å². The van der Waals surface area contributed by atoms with E-state index in [1.807, 2.05) is 6.92 Å². The molecule has 1 aliphatic rings. The Hall–Kier alpha value is -0.980. The predicted molar refractivity (Wildman–Crippen MR) is 63.3 cm³/mol. The van der Waals surface area contributed by atoms with Crippen LogP contribution in [0.5, 0.6) is 5.75 Å². The van der Waals surface area contributed by atoms with Gasteiger partial charge in [0.15, 0.2) is 0 Å². The molecule has 0 bridgehead atoms. The largest absolute Gasteiger partial charge is 0.494 e. The molecule has 1 fully saturated rings. The normalized spacial score (nSPS) is 15.7. The summed E-state index contributed by atoms with van der Waals surface area (Å²) in [4.78, 5) is 0. The Kier molecular flexibility index (Phi) is 2.99. The first-order valence-electron chi connectivity index (χ1n) is 5.79. The highest BCUT2D eigenvalue weighted by atomic mass is 16.5. The first-order chi connectivity index (χ1) is 7.22. The predicted octanol–water partition coefficient (Wildman–Crippen LogP) is 3.93. The third-order valence-electron chi connectivity index (χ3n) is 2.89. The lowest BCUT2D eigenvalue weighted by molar-refractivity contribution is 0.337. The first kappa shape index (κ1) is 10.5. The van der Waals surface area contributed by atoms with E-state index in [2.05, 4.69) is 32.0 Å². The van der Waals surface area contributed by atoms with Gasteiger partial charge in [-0.25, -0.2) is 0 Å². The van der Waals surface area contributed by atoms with E-state index in [0.717, 1.165) is 18.3 Å². The van der Waals surface area contributed by atoms with Crippen LogP contribution in [0.2, 0.25) is 0 Å². The molecule has 1 aromatic rings. The molecule has 0 aliphatic heterocycles. The Morgan fingerprint density at radius 1 is 1.33 bits per heavy atom. The van der Waals surface area contributed by atoms with Crippen LogP contribution in [0, 0.1) is 5.92 Å². The van der Waals surface area contributed by atoms with Gasteiger partial charge in [0.25, 0.3) is 0 Å². The van der Waals surface area contributed by atoms with Gasteiger partial charge in [0.05, 0.1) is 6.61 Å². The summed E-state index contributed by atoms with van der Waals surface area (Å²) in [6.45, 7) is 7.07. The number of ether oxygens (including phenoxy) is 1. The van der Waals surface area contributed by atoms with Crippen LogP contribution >= 0.6 is 0 Å². The van der Waals surface area contributed by atoms with Crippen molar-refractivity contribution in [1.29, 1.82) is 0 Å². The molecule has 1 nitrogen and oxygen atoms in total. The van der Waals surface area contributed by atoms with Crippen molar-refractivity contribution in [1.82, 2.24) is 0 Å². The van der Waals surface area contributed by atoms with Crippen molar-refractivity contribution < 1.29 is 4.74 Å². The van der Waals surface area contributed by atoms with Crippen molar-refractivity contribution in [2.45, 2.75) is 39.5 Å². The van der Waals surface area contributed by atoms with Gasteiger partial charge in [0.1, 0.15) is 5.75 Å². The number of rotatable bonds is 4. The average Bonchev–Trinajstić information content (AvgIpc) is 3.02. The summed E-state index contributed by atoms with van der Waals surface area (Å²) >= 11 is 0. The fourth-order valence-electron chi connectivity index (χ4n) is 1.89. The standard InChI is InChI=1S/C14H19O/c1-4-15-14-8-7-12(11-5-6-11)9-13(14)10(2)3/h7-9,11H,4-6H2,1-3H3. The van der Waals surface area contributed by atoms with Crippen molar-refractivity contribution in [3.63, 3.8) is 0 Å². The van der Waals surface area contributed by atoms with Crippen molar-refractivity contribution in [3.05, 3.63) is 35.2 Å². The summed E-state index contributed by atoms with van der Waals surface area (Å²) in [6, 6.07) is 6.65. The van der Waals surface area contributed by atoms with E-state index in [1.54, 1.807) is 0 Å². The van der Waals surface area contributed by atoms with Crippen molar-refractivity contribution >= 4 is 0 Å². The first-order valence-corrected chi connectivity index (χ1v) is 5.79. The average molecular weight is 203 g/mol. The molecule has 1 aliphatic carbocycles. The Bertz CT molecular complexity index is 337. The van der Waals surface area contributed by atoms with Crippen LogP contribution in [-0.4, -0.2) is 6.61 Å². The van der Waals surface area contributed by atoms with Crippen molar-refractivity contribution in [2.75, 3.05) is 6.61 Å². The molecule has 1 aromatic carbocycles. The zero-order chi connectivity index (χ0) is 10.8. The highest BCUT2D eigenvalue weighted by Crippen LogP contribution is 2.42. The molecule has 0 amide bonds. The van der Waals surface area contributed by atoms with E-state index in [9.17, 15) is 0 Å². The van der Waals surface area contributed by atoms with Gasteiger partial charge in [-0.2, -0.15) is 0 Å². The second-order valence-corrected chi connectivity index (χ2v) is 4.46. The second-order valence-electron chi connectivity index (χ2n) is 4.46. The van der Waals surface area contributed by atoms with E-state index in [0.29, 0.717) is 0 Å². The maximum Gasteiger partial charge on any atom is 0.123 e. The van der Waals surface area contributed by atoms with Crippen LogP contribution in [0.1, 0.15) is 50.7 Å². The van der Waals surface area contributed by atoms with Crippen molar-refractivity contribution in [2.24, 2.45) is 0 Å². The van der Waals surface area contributed by atoms with E-state index in [1.165, 1.54) is 29.9 Å². The van der Waals surface area contributed by atoms with E-state index < -0.39 is 0 Å². The summed E-state index contributed by atoms with van der Waals surface area (Å²) in [5, 5.41) is 0. The third-order valence-corrected chi connectivity index (χ3v) is 2.89. The zero-order valence-electron chi connectivity index (χ0n) is 9.84. The maximum atomic E-state index is 5.63. The second kappa shape index (κ2) is 4.26. The van der Waals surface area contributed by atoms with Gasteiger partial charge >= 0.3 is 0 Å². The summed E-state index contributed by atoms with van der Waals surface area (Å²) in [6.07, 6.45) is 2.71. The van der Waals surface area contributed by atoms with Crippen LogP contribution in [0.25, 0.3) is 0 Å². The minimum Gasteiger partial charge on any atom is -0.494 e. The third kappa shape index (κ3) is 2.34. The van der Waals surface area contributed by atoms with Gasteiger partial charge in [-0.1, -0.05) is 26.0 Å². The van der Waals surface area contributed by atoms with Gasteiger partial charge in [-0.15, -0.1) is 0 Å². The summed E-state index contributed by atoms with van der Waals surface area (Å²) in [5.74, 6) is 3.18. The number of hydrogen-bond acceptors (Lipinski definition) is 1. The molecule has 1 saturated carbocycles. The van der Waals surface area contributed by atoms with E-state index >= 15 is 0 Å². The molecule has 1 radical (unpaired) electrons. The Balaban J connectivity index is 2.30. The van der Waals surface area contributed by atoms with Crippen LogP contribution in [0.4, 0.5) is 0 Å². The molecule has 0 aromatic heterocycles. The smallest absolute Gasteiger partial charge is 0.123 e. The van der Waals surface area contributed by atoms with Crippen LogP contribution in [0.3, 0.4) is 0 Å². The molecule has 1 heteroatoms. The topological polar surface area (TPSA) is 9.23 Å². The molecule has 15 heavy (non-hydrogen) atoms. The lowest BCUT2D eigenvalue weighted by atomic mass is 9.98. The van der Waals surface area contributed by atoms with Gasteiger partial charge < -0.3 is 4.74 Å². The minimum absolute atomic E-state index is 0.739. The fourth-order valence-corrected chi connectivity index (χ4v) is 1.89. The molecule has 2 rings (SSSR count). The highest BCUT2D eigenvalue weighted by Gasteiger charge is 2.24. The van der Waals surface area contributed by atoms with Crippen LogP contribution in [-0.2, 0) is 0 Å². The van der Waals surface area contributed by atoms with Gasteiger partial charge in [-0.05, 0) is 37.3 Å². The SMILES string of the molecule is CCOc1ccc(C2CC2)cc1[C](C)C. The Labute approximate surface area is 92.5 Å². The molecule has 0 spiro atoms. The Morgan fingerprint density at radius 2 is 2.07 bits per heavy atom. The number of benzene rings is 1. The summed E-state index contributed by atoms with van der Waals surface area (Å²) in [7, 11) is 0. The van der Waals surface area contributed by atoms with Gasteiger partial charge in [0.2, 0.25) is 0 Å². The van der Waals surface area contributed by atoms with Crippen LogP contribution < -0.4 is 4.74 Å².